The molecule has 0 nitrogen and oxygen atoms in total. The normalized spacial score (nSPS) is 9.93. The fourth-order valence-corrected chi connectivity index (χ4v) is 1.42. The van der Waals surface area contributed by atoms with Crippen molar-refractivity contribution in [2.45, 2.75) is 39.5 Å². The molecule has 0 radical (unpaired) electrons. The van der Waals surface area contributed by atoms with Gasteiger partial charge in [0, 0.05) is 0 Å². The van der Waals surface area contributed by atoms with Gasteiger partial charge in [0.2, 0.25) is 0 Å². The maximum absolute atomic E-state index is 7.17. The molecular formula is C14H17Cu. The van der Waals surface area contributed by atoms with E-state index in [0.29, 0.717) is 11.8 Å². The third-order valence-electron chi connectivity index (χ3n) is 2.46. The standard InChI is InChI=1S/C14H17.Cu/c1-6-12-7-13(10(2)3)9-14(8-12)11(4)5;/h7-11H,2-5H3;/q-1;+1. The topological polar surface area (TPSA) is 0 Å². The fraction of sp³-hybridized carbons (Fsp3) is 0.429. The molecule has 1 rings (SSSR count). The van der Waals surface area contributed by atoms with Gasteiger partial charge in [-0.25, -0.2) is 0 Å². The first-order valence-electron chi connectivity index (χ1n) is 5.12. The van der Waals surface area contributed by atoms with E-state index in [2.05, 4.69) is 39.7 Å². The van der Waals surface area contributed by atoms with Gasteiger partial charge >= 0.3 is 17.1 Å². The van der Waals surface area contributed by atoms with Gasteiger partial charge in [-0.3, -0.25) is 5.92 Å². The quantitative estimate of drug-likeness (QED) is 0.424. The van der Waals surface area contributed by atoms with E-state index in [1.54, 1.807) is 0 Å². The summed E-state index contributed by atoms with van der Waals surface area (Å²) in [5.74, 6) is 3.50. The van der Waals surface area contributed by atoms with Gasteiger partial charge in [0.15, 0.2) is 0 Å². The van der Waals surface area contributed by atoms with E-state index in [1.807, 2.05) is 12.1 Å². The van der Waals surface area contributed by atoms with Gasteiger partial charge < -0.3 is 6.42 Å². The summed E-state index contributed by atoms with van der Waals surface area (Å²) in [6, 6.07) is 6.32. The second kappa shape index (κ2) is 6.01. The third kappa shape index (κ3) is 3.74. The van der Waals surface area contributed by atoms with Crippen LogP contribution in [0.1, 0.15) is 56.2 Å². The molecule has 0 amide bonds. The molecular weight excluding hydrogens is 232 g/mol. The van der Waals surface area contributed by atoms with Crippen molar-refractivity contribution in [2.75, 3.05) is 0 Å². The molecule has 0 N–H and O–H groups in total. The summed E-state index contributed by atoms with van der Waals surface area (Å²) in [4.78, 5) is 0. The average molecular weight is 249 g/mol. The van der Waals surface area contributed by atoms with Gasteiger partial charge in [-0.2, -0.15) is 0 Å². The van der Waals surface area contributed by atoms with Gasteiger partial charge in [0.05, 0.1) is 0 Å². The molecule has 15 heavy (non-hydrogen) atoms. The van der Waals surface area contributed by atoms with E-state index in [9.17, 15) is 0 Å². The Bertz CT molecular complexity index is 330. The van der Waals surface area contributed by atoms with Crippen LogP contribution >= 0.6 is 0 Å². The molecule has 0 aliphatic heterocycles. The predicted molar refractivity (Wildman–Crippen MR) is 60.9 cm³/mol. The van der Waals surface area contributed by atoms with E-state index < -0.39 is 0 Å². The van der Waals surface area contributed by atoms with Crippen molar-refractivity contribution in [2.24, 2.45) is 0 Å². The van der Waals surface area contributed by atoms with Gasteiger partial charge in [-0.1, -0.05) is 44.9 Å². The Balaban J connectivity index is 0.00000196. The summed E-state index contributed by atoms with van der Waals surface area (Å²) in [7, 11) is 0. The Morgan fingerprint density at radius 2 is 1.33 bits per heavy atom. The number of rotatable bonds is 2. The van der Waals surface area contributed by atoms with Gasteiger partial charge in [0.1, 0.15) is 0 Å². The maximum atomic E-state index is 7.17. The van der Waals surface area contributed by atoms with Crippen LogP contribution in [0.3, 0.4) is 0 Å². The van der Waals surface area contributed by atoms with Crippen molar-refractivity contribution in [3.8, 4) is 5.92 Å². The van der Waals surface area contributed by atoms with Crippen molar-refractivity contribution < 1.29 is 17.1 Å². The maximum Gasteiger partial charge on any atom is 1.00 e. The number of hydrogen-bond acceptors (Lipinski definition) is 0. The number of benzene rings is 1. The number of hydrogen-bond donors (Lipinski definition) is 0. The Hall–Kier alpha value is -0.701. The predicted octanol–water partition coefficient (Wildman–Crippen LogP) is 3.87. The van der Waals surface area contributed by atoms with Crippen molar-refractivity contribution in [3.63, 3.8) is 0 Å². The van der Waals surface area contributed by atoms with Gasteiger partial charge in [-0.15, -0.1) is 17.7 Å². The van der Waals surface area contributed by atoms with E-state index in [4.69, 9.17) is 6.42 Å². The Kier molecular flexibility index (Phi) is 5.73. The largest absolute Gasteiger partial charge is 1.00 e. The second-order valence-electron chi connectivity index (χ2n) is 4.32. The molecule has 0 heterocycles. The van der Waals surface area contributed by atoms with Crippen LogP contribution < -0.4 is 0 Å². The summed E-state index contributed by atoms with van der Waals surface area (Å²) >= 11 is 0. The van der Waals surface area contributed by atoms with Crippen LogP contribution in [0.25, 0.3) is 0 Å². The van der Waals surface area contributed by atoms with Crippen molar-refractivity contribution in [3.05, 3.63) is 41.3 Å². The average Bonchev–Trinajstić information content (AvgIpc) is 2.16. The summed E-state index contributed by atoms with van der Waals surface area (Å²) in [6.45, 7) is 8.70. The van der Waals surface area contributed by atoms with Crippen LogP contribution in [-0.4, -0.2) is 0 Å². The first kappa shape index (κ1) is 14.3. The zero-order valence-corrected chi connectivity index (χ0v) is 10.6. The van der Waals surface area contributed by atoms with E-state index in [1.165, 1.54) is 11.1 Å². The van der Waals surface area contributed by atoms with Crippen molar-refractivity contribution >= 4 is 0 Å². The molecule has 84 valence electrons. The summed E-state index contributed by atoms with van der Waals surface area (Å²) in [6.07, 6.45) is 7.17. The zero-order valence-electron chi connectivity index (χ0n) is 9.69. The molecule has 0 aliphatic rings. The minimum Gasteiger partial charge on any atom is -0.366 e. The molecule has 0 bridgehead atoms. The van der Waals surface area contributed by atoms with E-state index >= 15 is 0 Å². The molecule has 0 atom stereocenters. The van der Waals surface area contributed by atoms with Crippen molar-refractivity contribution in [1.82, 2.24) is 0 Å². The monoisotopic (exact) mass is 248 g/mol. The molecule has 1 heteroatoms. The van der Waals surface area contributed by atoms with E-state index in [0.717, 1.165) is 5.56 Å². The molecule has 0 aromatic heterocycles. The summed E-state index contributed by atoms with van der Waals surface area (Å²) < 4.78 is 0. The van der Waals surface area contributed by atoms with Crippen LogP contribution in [0.15, 0.2) is 18.2 Å². The van der Waals surface area contributed by atoms with Crippen LogP contribution in [0.4, 0.5) is 0 Å². The van der Waals surface area contributed by atoms with E-state index in [-0.39, 0.29) is 17.1 Å². The van der Waals surface area contributed by atoms with Crippen molar-refractivity contribution in [1.29, 1.82) is 0 Å². The van der Waals surface area contributed by atoms with Crippen LogP contribution in [0.2, 0.25) is 0 Å². The molecule has 0 aliphatic carbocycles. The van der Waals surface area contributed by atoms with Crippen LogP contribution in [0, 0.1) is 12.3 Å². The molecule has 0 saturated carbocycles. The zero-order chi connectivity index (χ0) is 10.7. The minimum absolute atomic E-state index is 0. The summed E-state index contributed by atoms with van der Waals surface area (Å²) in [5, 5.41) is 0. The van der Waals surface area contributed by atoms with Crippen LogP contribution in [0.5, 0.6) is 0 Å². The molecule has 1 aromatic carbocycles. The molecule has 0 fully saturated rings. The third-order valence-corrected chi connectivity index (χ3v) is 2.46. The Labute approximate surface area is 104 Å². The first-order valence-corrected chi connectivity index (χ1v) is 5.12. The molecule has 0 unspecified atom stereocenters. The fourth-order valence-electron chi connectivity index (χ4n) is 1.42. The minimum atomic E-state index is 0. The SMILES string of the molecule is [C-]#Cc1cc(C(C)C)cc(C(C)C)c1.[Cu+]. The van der Waals surface area contributed by atoms with Gasteiger partial charge in [-0.05, 0) is 11.8 Å². The Morgan fingerprint density at radius 1 is 0.933 bits per heavy atom. The van der Waals surface area contributed by atoms with Crippen LogP contribution in [-0.2, 0) is 17.1 Å². The molecule has 0 spiro atoms. The first-order chi connectivity index (χ1) is 6.54. The molecule has 1 aromatic rings. The smallest absolute Gasteiger partial charge is 0.366 e. The summed E-state index contributed by atoms with van der Waals surface area (Å²) in [5.41, 5.74) is 3.48. The Morgan fingerprint density at radius 3 is 1.60 bits per heavy atom. The van der Waals surface area contributed by atoms with Gasteiger partial charge in [0.25, 0.3) is 0 Å². The molecule has 0 saturated heterocycles. The second-order valence-corrected chi connectivity index (χ2v) is 4.32.